The number of benzene rings is 2. The van der Waals surface area contributed by atoms with Crippen molar-refractivity contribution in [1.29, 1.82) is 0 Å². The summed E-state index contributed by atoms with van der Waals surface area (Å²) in [5.41, 5.74) is 9.06. The lowest BCUT2D eigenvalue weighted by molar-refractivity contribution is 0.637. The summed E-state index contributed by atoms with van der Waals surface area (Å²) in [6.07, 6.45) is 2.97. The Morgan fingerprint density at radius 3 is 2.76 bits per heavy atom. The Morgan fingerprint density at radius 1 is 1.19 bits per heavy atom. The second-order valence-corrected chi connectivity index (χ2v) is 5.66. The Bertz CT molecular complexity index is 818. The minimum atomic E-state index is -0.249. The predicted octanol–water partition coefficient (Wildman–Crippen LogP) is 3.68. The molecule has 1 saturated carbocycles. The highest BCUT2D eigenvalue weighted by molar-refractivity contribution is 5.77. The fraction of sp³-hybridized carbons (Fsp3) is 0.235. The van der Waals surface area contributed by atoms with Gasteiger partial charge in [0.25, 0.3) is 0 Å². The van der Waals surface area contributed by atoms with Gasteiger partial charge in [-0.25, -0.2) is 9.37 Å². The van der Waals surface area contributed by atoms with Gasteiger partial charge in [-0.2, -0.15) is 0 Å². The molecule has 21 heavy (non-hydrogen) atoms. The van der Waals surface area contributed by atoms with E-state index in [0.717, 1.165) is 35.4 Å². The van der Waals surface area contributed by atoms with Crippen molar-refractivity contribution in [2.75, 3.05) is 5.73 Å². The van der Waals surface area contributed by atoms with E-state index in [9.17, 15) is 4.39 Å². The average Bonchev–Trinajstić information content (AvgIpc) is 3.22. The van der Waals surface area contributed by atoms with E-state index in [1.807, 2.05) is 30.3 Å². The Morgan fingerprint density at radius 2 is 2.00 bits per heavy atom. The van der Waals surface area contributed by atoms with Crippen molar-refractivity contribution in [2.24, 2.45) is 0 Å². The molecule has 4 heteroatoms. The van der Waals surface area contributed by atoms with Gasteiger partial charge in [-0.05, 0) is 42.7 Å². The van der Waals surface area contributed by atoms with E-state index in [1.54, 1.807) is 6.07 Å². The van der Waals surface area contributed by atoms with Gasteiger partial charge in [-0.3, -0.25) is 0 Å². The Balaban J connectivity index is 1.84. The maximum atomic E-state index is 14.0. The standard InChI is InChI=1S/C17H16FN3/c18-14-5-2-6-15-17(14)20-16(21(15)13-7-8-13)10-11-3-1-4-12(19)9-11/h1-6,9,13H,7-8,10,19H2. The molecule has 0 radical (unpaired) electrons. The van der Waals surface area contributed by atoms with E-state index in [0.29, 0.717) is 18.0 Å². The van der Waals surface area contributed by atoms with Crippen LogP contribution in [0.2, 0.25) is 0 Å². The predicted molar refractivity (Wildman–Crippen MR) is 81.6 cm³/mol. The maximum absolute atomic E-state index is 14.0. The van der Waals surface area contributed by atoms with Crippen molar-refractivity contribution < 1.29 is 4.39 Å². The first-order valence-electron chi connectivity index (χ1n) is 7.22. The van der Waals surface area contributed by atoms with Crippen LogP contribution in [0.5, 0.6) is 0 Å². The van der Waals surface area contributed by atoms with Gasteiger partial charge in [0.2, 0.25) is 0 Å². The second kappa shape index (κ2) is 4.58. The molecule has 0 spiro atoms. The number of rotatable bonds is 3. The molecule has 0 saturated heterocycles. The molecule has 2 N–H and O–H groups in total. The highest BCUT2D eigenvalue weighted by Gasteiger charge is 2.28. The Hall–Kier alpha value is -2.36. The van der Waals surface area contributed by atoms with Crippen LogP contribution in [0, 0.1) is 5.82 Å². The van der Waals surface area contributed by atoms with Crippen LogP contribution in [-0.4, -0.2) is 9.55 Å². The molecule has 0 atom stereocenters. The first kappa shape index (κ1) is 12.4. The monoisotopic (exact) mass is 281 g/mol. The van der Waals surface area contributed by atoms with E-state index in [-0.39, 0.29) is 5.82 Å². The van der Waals surface area contributed by atoms with Crippen molar-refractivity contribution in [3.8, 4) is 0 Å². The molecule has 1 fully saturated rings. The molecule has 1 heterocycles. The summed E-state index contributed by atoms with van der Waals surface area (Å²) >= 11 is 0. The number of nitrogen functional groups attached to an aromatic ring is 1. The van der Waals surface area contributed by atoms with Crippen LogP contribution in [0.25, 0.3) is 11.0 Å². The smallest absolute Gasteiger partial charge is 0.151 e. The molecular formula is C17H16FN3. The van der Waals surface area contributed by atoms with Gasteiger partial charge in [0.1, 0.15) is 11.3 Å². The normalized spacial score (nSPS) is 14.7. The summed E-state index contributed by atoms with van der Waals surface area (Å²) in [6.45, 7) is 0. The molecule has 2 aromatic carbocycles. The summed E-state index contributed by atoms with van der Waals surface area (Å²) in [6, 6.07) is 13.4. The summed E-state index contributed by atoms with van der Waals surface area (Å²) < 4.78 is 16.2. The van der Waals surface area contributed by atoms with Gasteiger partial charge in [-0.1, -0.05) is 18.2 Å². The SMILES string of the molecule is Nc1cccc(Cc2nc3c(F)cccc3n2C2CC2)c1. The topological polar surface area (TPSA) is 43.8 Å². The highest BCUT2D eigenvalue weighted by Crippen LogP contribution is 2.39. The summed E-state index contributed by atoms with van der Waals surface area (Å²) in [7, 11) is 0. The number of anilines is 1. The van der Waals surface area contributed by atoms with Crippen LogP contribution in [0.3, 0.4) is 0 Å². The zero-order valence-electron chi connectivity index (χ0n) is 11.6. The average molecular weight is 281 g/mol. The van der Waals surface area contributed by atoms with Gasteiger partial charge in [0.05, 0.1) is 5.52 Å². The third-order valence-electron chi connectivity index (χ3n) is 3.97. The number of nitrogens with two attached hydrogens (primary N) is 1. The first-order valence-corrected chi connectivity index (χ1v) is 7.22. The molecule has 106 valence electrons. The lowest BCUT2D eigenvalue weighted by Crippen LogP contribution is -2.02. The quantitative estimate of drug-likeness (QED) is 0.744. The van der Waals surface area contributed by atoms with E-state index in [4.69, 9.17) is 5.73 Å². The molecule has 0 bridgehead atoms. The molecule has 1 aliphatic rings. The molecule has 4 rings (SSSR count). The van der Waals surface area contributed by atoms with Crippen LogP contribution < -0.4 is 5.73 Å². The van der Waals surface area contributed by atoms with Crippen molar-refractivity contribution in [2.45, 2.75) is 25.3 Å². The lowest BCUT2D eigenvalue weighted by atomic mass is 10.1. The molecule has 0 aliphatic heterocycles. The van der Waals surface area contributed by atoms with Crippen LogP contribution in [0.15, 0.2) is 42.5 Å². The fourth-order valence-corrected chi connectivity index (χ4v) is 2.88. The molecule has 3 nitrogen and oxygen atoms in total. The summed E-state index contributed by atoms with van der Waals surface area (Å²) in [5, 5.41) is 0. The van der Waals surface area contributed by atoms with Gasteiger partial charge in [0, 0.05) is 18.2 Å². The molecular weight excluding hydrogens is 265 g/mol. The van der Waals surface area contributed by atoms with E-state index >= 15 is 0 Å². The number of para-hydroxylation sites is 1. The number of halogens is 1. The number of imidazole rings is 1. The van der Waals surface area contributed by atoms with Crippen molar-refractivity contribution in [3.05, 3.63) is 59.7 Å². The molecule has 3 aromatic rings. The van der Waals surface area contributed by atoms with Crippen LogP contribution in [0.1, 0.15) is 30.3 Å². The third-order valence-corrected chi connectivity index (χ3v) is 3.97. The second-order valence-electron chi connectivity index (χ2n) is 5.66. The van der Waals surface area contributed by atoms with Gasteiger partial charge < -0.3 is 10.3 Å². The zero-order valence-corrected chi connectivity index (χ0v) is 11.6. The molecule has 0 unspecified atom stereocenters. The van der Waals surface area contributed by atoms with E-state index in [2.05, 4.69) is 9.55 Å². The van der Waals surface area contributed by atoms with Crippen LogP contribution in [-0.2, 0) is 6.42 Å². The maximum Gasteiger partial charge on any atom is 0.151 e. The van der Waals surface area contributed by atoms with E-state index in [1.165, 1.54) is 6.07 Å². The number of hydrogen-bond donors (Lipinski definition) is 1. The molecule has 1 aliphatic carbocycles. The van der Waals surface area contributed by atoms with Gasteiger partial charge >= 0.3 is 0 Å². The number of fused-ring (bicyclic) bond motifs is 1. The minimum Gasteiger partial charge on any atom is -0.399 e. The zero-order chi connectivity index (χ0) is 14.4. The van der Waals surface area contributed by atoms with Crippen molar-refractivity contribution in [3.63, 3.8) is 0 Å². The molecule has 1 aromatic heterocycles. The van der Waals surface area contributed by atoms with Crippen molar-refractivity contribution in [1.82, 2.24) is 9.55 Å². The highest BCUT2D eigenvalue weighted by atomic mass is 19.1. The Kier molecular flexibility index (Phi) is 2.70. The summed E-state index contributed by atoms with van der Waals surface area (Å²) in [5.74, 6) is 0.670. The molecule has 0 amide bonds. The third kappa shape index (κ3) is 2.17. The lowest BCUT2D eigenvalue weighted by Gasteiger charge is -2.08. The minimum absolute atomic E-state index is 0.249. The summed E-state index contributed by atoms with van der Waals surface area (Å²) in [4.78, 5) is 4.55. The largest absolute Gasteiger partial charge is 0.399 e. The number of hydrogen-bond acceptors (Lipinski definition) is 2. The van der Waals surface area contributed by atoms with Crippen LogP contribution in [0.4, 0.5) is 10.1 Å². The number of aromatic nitrogens is 2. The van der Waals surface area contributed by atoms with Gasteiger partial charge in [-0.15, -0.1) is 0 Å². The first-order chi connectivity index (χ1) is 10.2. The Labute approximate surface area is 122 Å². The van der Waals surface area contributed by atoms with Gasteiger partial charge in [0.15, 0.2) is 5.82 Å². The van der Waals surface area contributed by atoms with E-state index < -0.39 is 0 Å². The fourth-order valence-electron chi connectivity index (χ4n) is 2.88. The number of nitrogens with zero attached hydrogens (tertiary/aromatic N) is 2. The van der Waals surface area contributed by atoms with Crippen LogP contribution >= 0.6 is 0 Å². The van der Waals surface area contributed by atoms with Crippen molar-refractivity contribution >= 4 is 16.7 Å².